The number of nitrogens with two attached hydrogens (primary N) is 4. The minimum atomic E-state index is -0.750. The molecule has 0 saturated carbocycles. The summed E-state index contributed by atoms with van der Waals surface area (Å²) in [6, 6.07) is 53.9. The standard InChI is InChI=1S/C42H56N2O2.C28H28N2O2.2C8H12N2.C7H3Cl2NO2.C6H15N.CHCl3/c1-7-9-11-13-15-21-27-43-35-25-19-17-23-33(35)41(3,4)37(43)29-31-39(45)32(40(31)46)30-38-42(5,6)34-24-18-20-26-36(34)44(38)28-22-16-14-12-10-8-2;1-27(2)19-11-7-9-13-21(19)29(5)23(27)15-17-25(31)18(26(17)32)16-24-28(3,4)20-12-8-10-14-22(20)30(24)6;2*9-5-7-1-2-8(6-10)4-3-7;8-6(11)4-2-1-3-5(10-4)7(9)12;1-4-7(5-2)6-3;2-1(3)4/h17-20,23-26,29-30H,7-16,21-22,27-28H2,1-6H3;7-16H,1-6H3;2*1-4H,5-6,9-10H2;1-3H;4-6H2,1-3H3;1H. The Labute approximate surface area is 745 Å². The van der Waals surface area contributed by atoms with Crippen LogP contribution in [0.3, 0.4) is 0 Å². The lowest BCUT2D eigenvalue weighted by molar-refractivity contribution is -0.438. The van der Waals surface area contributed by atoms with Gasteiger partial charge in [0, 0.05) is 137 Å². The number of halogens is 5. The maximum Gasteiger partial charge on any atom is 0.270 e. The highest BCUT2D eigenvalue weighted by molar-refractivity contribution is 6.68. The second kappa shape index (κ2) is 46.7. The highest BCUT2D eigenvalue weighted by atomic mass is 35.6. The van der Waals surface area contributed by atoms with Crippen molar-refractivity contribution in [3.8, 4) is 0 Å². The fraction of sp³-hybridized carbons (Fsp3) is 0.410. The van der Waals surface area contributed by atoms with Gasteiger partial charge in [0.25, 0.3) is 10.5 Å². The summed E-state index contributed by atoms with van der Waals surface area (Å²) in [7, 11) is 3.99. The van der Waals surface area contributed by atoms with Gasteiger partial charge in [-0.3, -0.25) is 19.2 Å². The molecule has 0 amide bonds. The number of hydrogen-bond donors (Lipinski definition) is 4. The fourth-order valence-corrected chi connectivity index (χ4v) is 16.4. The molecule has 0 unspecified atom stereocenters. The predicted molar refractivity (Wildman–Crippen MR) is 501 cm³/mol. The number of hydrogen-bond acceptors (Lipinski definition) is 14. The molecule has 7 aromatic rings. The molecular weight excluding hydrogens is 1610 g/mol. The molecule has 0 spiro atoms. The Morgan fingerprint density at radius 1 is 0.455 bits per heavy atom. The first kappa shape index (κ1) is 99.5. The van der Waals surface area contributed by atoms with Gasteiger partial charge in [-0.1, -0.05) is 294 Å². The van der Waals surface area contributed by atoms with Crippen molar-refractivity contribution in [1.82, 2.24) is 9.88 Å². The van der Waals surface area contributed by atoms with Crippen LogP contribution < -0.4 is 42.9 Å². The largest absolute Gasteiger partial charge is 0.871 e. The van der Waals surface area contributed by atoms with Crippen LogP contribution in [0.1, 0.15) is 233 Å². The molecule has 8 N–H and O–H groups in total. The first-order chi connectivity index (χ1) is 57.6. The van der Waals surface area contributed by atoms with Crippen molar-refractivity contribution >= 4 is 114 Å². The van der Waals surface area contributed by atoms with E-state index < -0.39 is 14.8 Å². The fourth-order valence-electron chi connectivity index (χ4n) is 16.2. The highest BCUT2D eigenvalue weighted by Gasteiger charge is 2.48. The first-order valence-electron chi connectivity index (χ1n) is 42.6. The molecule has 121 heavy (non-hydrogen) atoms. The van der Waals surface area contributed by atoms with Gasteiger partial charge in [0.15, 0.2) is 27.3 Å². The lowest BCUT2D eigenvalue weighted by atomic mass is 9.77. The number of anilines is 2. The van der Waals surface area contributed by atoms with Crippen molar-refractivity contribution in [3.05, 3.63) is 289 Å². The van der Waals surface area contributed by atoms with E-state index in [2.05, 4.69) is 192 Å². The van der Waals surface area contributed by atoms with Gasteiger partial charge in [-0.15, -0.1) is 0 Å². The van der Waals surface area contributed by atoms with Crippen molar-refractivity contribution in [2.45, 2.75) is 219 Å². The van der Waals surface area contributed by atoms with E-state index in [4.69, 9.17) is 80.9 Å². The molecule has 1 aromatic heterocycles. The first-order valence-corrected chi connectivity index (χ1v) is 44.6. The summed E-state index contributed by atoms with van der Waals surface area (Å²) >= 11 is 24.7. The smallest absolute Gasteiger partial charge is 0.270 e. The molecule has 6 aliphatic rings. The third kappa shape index (κ3) is 24.9. The third-order valence-corrected chi connectivity index (χ3v) is 23.9. The topological polar surface area (TPSA) is 247 Å². The Kier molecular flexibility index (Phi) is 38.4. The van der Waals surface area contributed by atoms with Crippen LogP contribution in [0.4, 0.5) is 22.7 Å². The van der Waals surface area contributed by atoms with Gasteiger partial charge in [-0.05, 0) is 153 Å². The SMILES string of the molecule is CCCCCCCCN1/C(=C\C2=C([O-])C(=C\C3=[N+](CCCCCCCC)c4ccccc4C3(C)C)/C2=O)C(C)(C)c2ccccc21.CCN(CC)CC.CN1/C(=C\C2=C([O-])C(=C\C3=[N+](C)c4ccccc4C3(C)C)/C2=O)C(C)(C)c2ccccc21.ClC(Cl)Cl.NCc1ccc(CN)cc1.NCc1ccc(CN)cc1.O=C(Cl)c1cccc(C(=O)Cl)n1. The average Bonchev–Trinajstić information content (AvgIpc) is 1.61. The van der Waals surface area contributed by atoms with Crippen LogP contribution in [0.15, 0.2) is 233 Å². The van der Waals surface area contributed by atoms with Crippen molar-refractivity contribution < 1.29 is 38.5 Å². The minimum Gasteiger partial charge on any atom is -0.871 e. The molecule has 0 saturated heterocycles. The Hall–Kier alpha value is -8.62. The number of nitrogens with zero attached hydrogens (tertiary/aromatic N) is 6. The van der Waals surface area contributed by atoms with Gasteiger partial charge < -0.3 is 47.8 Å². The number of para-hydroxylation sites is 4. The van der Waals surface area contributed by atoms with E-state index >= 15 is 0 Å². The molecule has 0 radical (unpaired) electrons. The molecule has 0 fully saturated rings. The number of ketones is 2. The predicted octanol–water partition coefficient (Wildman–Crippen LogP) is 20.1. The zero-order valence-electron chi connectivity index (χ0n) is 73.7. The van der Waals surface area contributed by atoms with E-state index in [1.807, 2.05) is 99.0 Å². The zero-order chi connectivity index (χ0) is 89.1. The van der Waals surface area contributed by atoms with Crippen LogP contribution >= 0.6 is 58.0 Å². The van der Waals surface area contributed by atoms with Crippen molar-refractivity contribution in [2.75, 3.05) is 56.6 Å². The Balaban J connectivity index is 0.000000229. The number of unbranched alkanes of at least 4 members (excludes halogenated alkanes) is 10. The number of carbonyl (C=O) groups is 4. The molecule has 16 nitrogen and oxygen atoms in total. The van der Waals surface area contributed by atoms with Gasteiger partial charge >= 0.3 is 0 Å². The summed E-state index contributed by atoms with van der Waals surface area (Å²) in [4.78, 5) is 58.5. The van der Waals surface area contributed by atoms with Gasteiger partial charge in [0.05, 0.1) is 10.8 Å². The van der Waals surface area contributed by atoms with E-state index in [0.717, 1.165) is 82.4 Å². The molecule has 6 aromatic carbocycles. The van der Waals surface area contributed by atoms with Crippen molar-refractivity contribution in [3.63, 3.8) is 0 Å². The van der Waals surface area contributed by atoms with Gasteiger partial charge in [0.1, 0.15) is 25.0 Å². The summed E-state index contributed by atoms with van der Waals surface area (Å²) in [6.45, 7) is 36.2. The number of likely N-dealkylation sites (N-methyl/N-ethyl adjacent to an activating group) is 1. The molecular formula is C100H127Cl5N10O6. The summed E-state index contributed by atoms with van der Waals surface area (Å²) < 4.78 is 3.71. The average molecular weight is 1740 g/mol. The van der Waals surface area contributed by atoms with Crippen LogP contribution in [-0.4, -0.2) is 104 Å². The van der Waals surface area contributed by atoms with Crippen LogP contribution in [-0.2, 0) is 57.4 Å². The van der Waals surface area contributed by atoms with Crippen molar-refractivity contribution in [1.29, 1.82) is 0 Å². The molecule has 2 aliphatic carbocycles. The molecule has 5 heterocycles. The summed E-state index contributed by atoms with van der Waals surface area (Å²) in [6.07, 6.45) is 22.2. The molecule has 4 aliphatic heterocycles. The van der Waals surface area contributed by atoms with Crippen LogP contribution in [0.2, 0.25) is 0 Å². The number of Topliss-reactive ketones (excluding diaryl/α,β-unsaturated/α-hetero) is 2. The third-order valence-electron chi connectivity index (χ3n) is 23.5. The Morgan fingerprint density at radius 3 is 1.21 bits per heavy atom. The number of allylic oxidation sites excluding steroid dienone is 10. The second-order valence-corrected chi connectivity index (χ2v) is 35.6. The van der Waals surface area contributed by atoms with Crippen LogP contribution in [0.25, 0.3) is 0 Å². The number of aromatic nitrogens is 1. The molecule has 21 heteroatoms. The van der Waals surface area contributed by atoms with E-state index in [1.54, 1.807) is 12.2 Å². The van der Waals surface area contributed by atoms with E-state index in [9.17, 15) is 29.4 Å². The molecule has 0 atom stereocenters. The number of fused-ring (bicyclic) bond motifs is 4. The van der Waals surface area contributed by atoms with Crippen LogP contribution in [0, 0.1) is 0 Å². The van der Waals surface area contributed by atoms with E-state index in [1.165, 1.54) is 136 Å². The monoisotopic (exact) mass is 1740 g/mol. The van der Waals surface area contributed by atoms with Gasteiger partial charge in [-0.25, -0.2) is 4.98 Å². The maximum absolute atomic E-state index is 13.8. The summed E-state index contributed by atoms with van der Waals surface area (Å²) in [5.74, 6) is -0.587. The van der Waals surface area contributed by atoms with Crippen LogP contribution in [0.5, 0.6) is 0 Å². The Morgan fingerprint density at radius 2 is 0.810 bits per heavy atom. The molecule has 13 rings (SSSR count). The lowest BCUT2D eigenvalue weighted by Crippen LogP contribution is -2.35. The number of alkyl halides is 3. The second-order valence-electron chi connectivity index (χ2n) is 32.9. The summed E-state index contributed by atoms with van der Waals surface area (Å²) in [5.41, 5.74) is 39.9. The zero-order valence-corrected chi connectivity index (χ0v) is 77.4. The van der Waals surface area contributed by atoms with E-state index in [0.29, 0.717) is 37.3 Å². The van der Waals surface area contributed by atoms with Crippen molar-refractivity contribution in [2.24, 2.45) is 22.9 Å². The normalized spacial score (nSPS) is 17.1. The molecule has 648 valence electrons. The lowest BCUT2D eigenvalue weighted by Gasteiger charge is -2.33. The maximum atomic E-state index is 13.8. The number of benzene rings is 6. The highest BCUT2D eigenvalue weighted by Crippen LogP contribution is 2.51. The summed E-state index contributed by atoms with van der Waals surface area (Å²) in [5, 5.41) is 25.5. The number of carbonyl (C=O) groups excluding carboxylic acids is 4. The quantitative estimate of drug-likeness (QED) is 0.0123. The number of pyridine rings is 1. The Bertz CT molecular complexity index is 4860. The van der Waals surface area contributed by atoms with E-state index in [-0.39, 0.29) is 67.3 Å². The number of rotatable bonds is 27. The minimum absolute atomic E-state index is 0.0168. The van der Waals surface area contributed by atoms with Gasteiger partial charge in [0.2, 0.25) is 11.4 Å². The molecule has 0 bridgehead atoms. The van der Waals surface area contributed by atoms with Gasteiger partial charge in [-0.2, -0.15) is 9.15 Å².